The highest BCUT2D eigenvalue weighted by Gasteiger charge is 2.19. The number of aromatic hydroxyl groups is 1. The van der Waals surface area contributed by atoms with Gasteiger partial charge in [0.05, 0.1) is 20.4 Å². The van der Waals surface area contributed by atoms with Gasteiger partial charge in [-0.1, -0.05) is 12.1 Å². The summed E-state index contributed by atoms with van der Waals surface area (Å²) in [5.74, 6) is 0.682. The van der Waals surface area contributed by atoms with E-state index in [1.165, 1.54) is 50.8 Å². The van der Waals surface area contributed by atoms with Crippen LogP contribution in [0, 0.1) is 0 Å². The van der Waals surface area contributed by atoms with Gasteiger partial charge in [-0.2, -0.15) is 18.4 Å². The first-order valence-corrected chi connectivity index (χ1v) is 8.00. The number of nitrogens with one attached hydrogen (secondary N) is 1. The molecule has 8 heteroatoms. The number of ether oxygens (including phenoxy) is 2. The van der Waals surface area contributed by atoms with Gasteiger partial charge in [-0.15, -0.1) is 0 Å². The summed E-state index contributed by atoms with van der Waals surface area (Å²) < 4.78 is 34.6. The second-order valence-electron chi connectivity index (χ2n) is 4.46. The minimum Gasteiger partial charge on any atom is -0.508 e. The summed E-state index contributed by atoms with van der Waals surface area (Å²) in [6, 6.07) is 10.6. The lowest BCUT2D eigenvalue weighted by atomic mass is 10.2. The summed E-state index contributed by atoms with van der Waals surface area (Å²) >= 11 is 0. The van der Waals surface area contributed by atoms with Gasteiger partial charge in [-0.25, -0.2) is 0 Å². The minimum atomic E-state index is -3.90. The van der Waals surface area contributed by atoms with Crippen molar-refractivity contribution in [1.29, 1.82) is 0 Å². The highest BCUT2D eigenvalue weighted by Crippen LogP contribution is 2.28. The first-order valence-electron chi connectivity index (χ1n) is 6.52. The first-order chi connectivity index (χ1) is 11.0. The molecule has 0 unspecified atom stereocenters. The SMILES string of the molecule is COc1ccc(S(=O)(=O)N/N=C\c2cccc(O)c2)c(OC)c1. The lowest BCUT2D eigenvalue weighted by Gasteiger charge is -2.10. The number of nitrogens with zero attached hydrogens (tertiary/aromatic N) is 1. The molecule has 2 aromatic rings. The van der Waals surface area contributed by atoms with Gasteiger partial charge in [0.2, 0.25) is 0 Å². The Bertz CT molecular complexity index is 818. The summed E-state index contributed by atoms with van der Waals surface area (Å²) in [7, 11) is -1.06. The summed E-state index contributed by atoms with van der Waals surface area (Å²) in [6.45, 7) is 0. The van der Waals surface area contributed by atoms with E-state index in [9.17, 15) is 13.5 Å². The van der Waals surface area contributed by atoms with Gasteiger partial charge in [0, 0.05) is 6.07 Å². The van der Waals surface area contributed by atoms with Crippen molar-refractivity contribution in [1.82, 2.24) is 4.83 Å². The fourth-order valence-electron chi connectivity index (χ4n) is 1.82. The van der Waals surface area contributed by atoms with Gasteiger partial charge in [-0.05, 0) is 29.8 Å². The van der Waals surface area contributed by atoms with Crippen LogP contribution in [0.3, 0.4) is 0 Å². The van der Waals surface area contributed by atoms with E-state index in [1.54, 1.807) is 12.1 Å². The molecule has 0 aliphatic heterocycles. The van der Waals surface area contributed by atoms with Crippen LogP contribution in [0.2, 0.25) is 0 Å². The average molecular weight is 336 g/mol. The van der Waals surface area contributed by atoms with E-state index in [4.69, 9.17) is 9.47 Å². The first kappa shape index (κ1) is 16.6. The van der Waals surface area contributed by atoms with Gasteiger partial charge >= 0.3 is 0 Å². The summed E-state index contributed by atoms with van der Waals surface area (Å²) in [4.78, 5) is 2.03. The molecule has 7 nitrogen and oxygen atoms in total. The number of hydrogen-bond donors (Lipinski definition) is 2. The van der Waals surface area contributed by atoms with Crippen molar-refractivity contribution in [3.63, 3.8) is 0 Å². The molecule has 0 amide bonds. The Kier molecular flexibility index (Phi) is 5.07. The third-order valence-corrected chi connectivity index (χ3v) is 4.18. The number of rotatable bonds is 6. The van der Waals surface area contributed by atoms with Gasteiger partial charge < -0.3 is 14.6 Å². The molecule has 0 aliphatic carbocycles. The second-order valence-corrected chi connectivity index (χ2v) is 6.09. The molecule has 0 atom stereocenters. The minimum absolute atomic E-state index is 0.0612. The zero-order chi connectivity index (χ0) is 16.9. The number of phenols is 1. The predicted molar refractivity (Wildman–Crippen MR) is 85.6 cm³/mol. The quantitative estimate of drug-likeness (QED) is 0.618. The molecule has 2 aromatic carbocycles. The van der Waals surface area contributed by atoms with E-state index in [2.05, 4.69) is 9.93 Å². The predicted octanol–water partition coefficient (Wildman–Crippen LogP) is 1.72. The van der Waals surface area contributed by atoms with Gasteiger partial charge in [0.15, 0.2) is 0 Å². The zero-order valence-electron chi connectivity index (χ0n) is 12.6. The number of sulfonamides is 1. The van der Waals surface area contributed by atoms with E-state index >= 15 is 0 Å². The van der Waals surface area contributed by atoms with Crippen LogP contribution in [0.15, 0.2) is 52.5 Å². The van der Waals surface area contributed by atoms with Crippen molar-refractivity contribution in [3.8, 4) is 17.2 Å². The van der Waals surface area contributed by atoms with Crippen molar-refractivity contribution in [2.75, 3.05) is 14.2 Å². The molecule has 0 saturated heterocycles. The molecule has 2 rings (SSSR count). The van der Waals surface area contributed by atoms with Crippen LogP contribution in [-0.4, -0.2) is 34.0 Å². The molecular formula is C15H16N2O5S. The molecule has 0 aromatic heterocycles. The maximum Gasteiger partial charge on any atom is 0.280 e. The molecule has 122 valence electrons. The molecule has 0 heterocycles. The van der Waals surface area contributed by atoms with Gasteiger partial charge in [0.1, 0.15) is 22.1 Å². The number of phenolic OH excluding ortho intramolecular Hbond substituents is 1. The molecule has 0 radical (unpaired) electrons. The molecule has 0 fully saturated rings. The van der Waals surface area contributed by atoms with Crippen molar-refractivity contribution >= 4 is 16.2 Å². The number of hydrogen-bond acceptors (Lipinski definition) is 6. The molecular weight excluding hydrogens is 320 g/mol. The summed E-state index contributed by atoms with van der Waals surface area (Å²) in [5, 5.41) is 13.0. The Morgan fingerprint density at radius 1 is 1.13 bits per heavy atom. The van der Waals surface area contributed by atoms with E-state index in [-0.39, 0.29) is 16.4 Å². The Labute approximate surface area is 134 Å². The third kappa shape index (κ3) is 4.13. The maximum atomic E-state index is 12.3. The molecule has 0 spiro atoms. The topological polar surface area (TPSA) is 97.2 Å². The highest BCUT2D eigenvalue weighted by molar-refractivity contribution is 7.89. The smallest absolute Gasteiger partial charge is 0.280 e. The average Bonchev–Trinajstić information content (AvgIpc) is 2.54. The van der Waals surface area contributed by atoms with Crippen LogP contribution >= 0.6 is 0 Å². The number of benzene rings is 2. The highest BCUT2D eigenvalue weighted by atomic mass is 32.2. The van der Waals surface area contributed by atoms with Crippen LogP contribution in [0.4, 0.5) is 0 Å². The molecule has 2 N–H and O–H groups in total. The van der Waals surface area contributed by atoms with Crippen molar-refractivity contribution in [3.05, 3.63) is 48.0 Å². The monoisotopic (exact) mass is 336 g/mol. The Morgan fingerprint density at radius 3 is 2.57 bits per heavy atom. The van der Waals surface area contributed by atoms with Gasteiger partial charge in [-0.3, -0.25) is 0 Å². The van der Waals surface area contributed by atoms with Crippen LogP contribution in [-0.2, 0) is 10.0 Å². The lowest BCUT2D eigenvalue weighted by molar-refractivity contribution is 0.386. The Morgan fingerprint density at radius 2 is 1.91 bits per heavy atom. The largest absolute Gasteiger partial charge is 0.508 e. The molecule has 0 aliphatic rings. The standard InChI is InChI=1S/C15H16N2O5S/c1-21-13-6-7-15(14(9-13)22-2)23(19,20)17-16-10-11-4-3-5-12(18)8-11/h3-10,17-18H,1-2H3/b16-10-. The fraction of sp³-hybridized carbons (Fsp3) is 0.133. The summed E-state index contributed by atoms with van der Waals surface area (Å²) in [5.41, 5.74) is 0.550. The van der Waals surface area contributed by atoms with E-state index in [1.807, 2.05) is 0 Å². The zero-order valence-corrected chi connectivity index (χ0v) is 13.4. The number of hydrazone groups is 1. The van der Waals surface area contributed by atoms with Gasteiger partial charge in [0.25, 0.3) is 10.0 Å². The van der Waals surface area contributed by atoms with Crippen LogP contribution in [0.1, 0.15) is 5.56 Å². The summed E-state index contributed by atoms with van der Waals surface area (Å²) in [6.07, 6.45) is 1.28. The van der Waals surface area contributed by atoms with Crippen molar-refractivity contribution in [2.45, 2.75) is 4.90 Å². The maximum absolute atomic E-state index is 12.3. The Hall–Kier alpha value is -2.74. The number of methoxy groups -OCH3 is 2. The Balaban J connectivity index is 2.22. The van der Waals surface area contributed by atoms with Crippen LogP contribution in [0.25, 0.3) is 0 Å². The van der Waals surface area contributed by atoms with E-state index < -0.39 is 10.0 Å². The molecule has 23 heavy (non-hydrogen) atoms. The van der Waals surface area contributed by atoms with Crippen LogP contribution in [0.5, 0.6) is 17.2 Å². The van der Waals surface area contributed by atoms with E-state index in [0.29, 0.717) is 11.3 Å². The third-order valence-electron chi connectivity index (χ3n) is 2.92. The molecule has 0 bridgehead atoms. The van der Waals surface area contributed by atoms with Crippen molar-refractivity contribution < 1.29 is 23.0 Å². The van der Waals surface area contributed by atoms with Crippen molar-refractivity contribution in [2.24, 2.45) is 5.10 Å². The fourth-order valence-corrected chi connectivity index (χ4v) is 2.77. The van der Waals surface area contributed by atoms with E-state index in [0.717, 1.165) is 0 Å². The lowest BCUT2D eigenvalue weighted by Crippen LogP contribution is -2.19. The second kappa shape index (κ2) is 7.01. The van der Waals surface area contributed by atoms with Crippen LogP contribution < -0.4 is 14.3 Å². The molecule has 0 saturated carbocycles. The normalized spacial score (nSPS) is 11.4.